The molecular weight excluding hydrogens is 416 g/mol. The lowest BCUT2D eigenvalue weighted by atomic mass is 9.82. The number of aryl methyl sites for hydroxylation is 1. The Morgan fingerprint density at radius 2 is 1.79 bits per heavy atom. The van der Waals surface area contributed by atoms with Crippen LogP contribution in [-0.4, -0.2) is 4.98 Å². The van der Waals surface area contributed by atoms with Crippen LogP contribution in [0.5, 0.6) is 0 Å². The molecule has 2 aromatic carbocycles. The van der Waals surface area contributed by atoms with Crippen molar-refractivity contribution in [3.05, 3.63) is 86.9 Å². The van der Waals surface area contributed by atoms with Crippen molar-refractivity contribution in [2.75, 3.05) is 0 Å². The van der Waals surface area contributed by atoms with E-state index in [4.69, 9.17) is 10.5 Å². The maximum atomic E-state index is 9.99. The molecule has 6 heteroatoms. The van der Waals surface area contributed by atoms with Gasteiger partial charge < -0.3 is 15.5 Å². The summed E-state index contributed by atoms with van der Waals surface area (Å²) in [5.74, 6) is -0.184. The summed E-state index contributed by atoms with van der Waals surface area (Å²) in [5, 5.41) is 20.6. The minimum atomic E-state index is -0.582. The molecule has 1 aliphatic rings. The second kappa shape index (κ2) is 6.92. The number of rotatable bonds is 2. The monoisotopic (exact) mass is 430 g/mol. The van der Waals surface area contributed by atoms with Crippen LogP contribution in [0.4, 0.5) is 0 Å². The van der Waals surface area contributed by atoms with E-state index in [1.807, 2.05) is 55.6 Å². The number of nitrogens with one attached hydrogen (secondary N) is 1. The van der Waals surface area contributed by atoms with Gasteiger partial charge in [-0.3, -0.25) is 0 Å². The minimum Gasteiger partial charge on any atom is -0.439 e. The number of ether oxygens (including phenoxy) is 1. The Morgan fingerprint density at radius 1 is 1.07 bits per heavy atom. The first-order valence-electron chi connectivity index (χ1n) is 8.59. The van der Waals surface area contributed by atoms with E-state index in [1.165, 1.54) is 0 Å². The molecule has 0 radical (unpaired) electrons. The van der Waals surface area contributed by atoms with Gasteiger partial charge in [0.25, 0.3) is 0 Å². The van der Waals surface area contributed by atoms with Gasteiger partial charge in [0.2, 0.25) is 5.88 Å². The van der Waals surface area contributed by atoms with Gasteiger partial charge in [-0.15, -0.1) is 0 Å². The summed E-state index contributed by atoms with van der Waals surface area (Å²) in [6, 6.07) is 17.8. The number of nitriles is 2. The number of benzene rings is 2. The summed E-state index contributed by atoms with van der Waals surface area (Å²) in [6.07, 6.45) is 1.81. The molecular formula is C22H15BrN4O. The Labute approximate surface area is 170 Å². The quantitative estimate of drug-likeness (QED) is 0.598. The maximum Gasteiger partial charge on any atom is 0.205 e. The predicted octanol–water partition coefficient (Wildman–Crippen LogP) is 4.98. The summed E-state index contributed by atoms with van der Waals surface area (Å²) in [5.41, 5.74) is 10.3. The average Bonchev–Trinajstić information content (AvgIpc) is 3.13. The smallest absolute Gasteiger partial charge is 0.205 e. The SMILES string of the molecule is Cc1cccc2c(C3=C(C#N)C(c4ccc(Br)cc4)C(C#N)=C(N)O3)c[nH]c12. The fraction of sp³-hybridized carbons (Fsp3) is 0.0909. The average molecular weight is 431 g/mol. The number of aromatic amines is 1. The van der Waals surface area contributed by atoms with E-state index in [1.54, 1.807) is 0 Å². The van der Waals surface area contributed by atoms with Crippen molar-refractivity contribution in [2.45, 2.75) is 12.8 Å². The zero-order valence-corrected chi connectivity index (χ0v) is 16.5. The number of nitrogens with two attached hydrogens (primary N) is 1. The molecule has 2 heterocycles. The highest BCUT2D eigenvalue weighted by Crippen LogP contribution is 2.43. The van der Waals surface area contributed by atoms with Crippen molar-refractivity contribution in [3.63, 3.8) is 0 Å². The molecule has 1 aliphatic heterocycles. The van der Waals surface area contributed by atoms with Crippen molar-refractivity contribution in [2.24, 2.45) is 5.73 Å². The third kappa shape index (κ3) is 2.76. The normalized spacial score (nSPS) is 16.6. The van der Waals surface area contributed by atoms with E-state index >= 15 is 0 Å². The topological polar surface area (TPSA) is 98.6 Å². The number of halogens is 1. The minimum absolute atomic E-state index is 0.0198. The van der Waals surface area contributed by atoms with Gasteiger partial charge in [-0.25, -0.2) is 0 Å². The highest BCUT2D eigenvalue weighted by Gasteiger charge is 2.34. The van der Waals surface area contributed by atoms with Crippen LogP contribution in [-0.2, 0) is 4.74 Å². The number of hydrogen-bond donors (Lipinski definition) is 2. The Balaban J connectivity index is 1.98. The molecule has 0 aliphatic carbocycles. The Morgan fingerprint density at radius 3 is 2.46 bits per heavy atom. The fourth-order valence-electron chi connectivity index (χ4n) is 3.55. The fourth-order valence-corrected chi connectivity index (χ4v) is 3.82. The molecule has 1 unspecified atom stereocenters. The summed E-state index contributed by atoms with van der Waals surface area (Å²) in [6.45, 7) is 2.01. The van der Waals surface area contributed by atoms with E-state index in [-0.39, 0.29) is 11.5 Å². The summed E-state index contributed by atoms with van der Waals surface area (Å²) in [4.78, 5) is 3.25. The number of para-hydroxylation sites is 1. The van der Waals surface area contributed by atoms with Gasteiger partial charge in [0.15, 0.2) is 5.76 Å². The van der Waals surface area contributed by atoms with E-state index in [0.717, 1.165) is 32.1 Å². The first-order valence-corrected chi connectivity index (χ1v) is 9.38. The van der Waals surface area contributed by atoms with Crippen LogP contribution in [0.25, 0.3) is 16.7 Å². The van der Waals surface area contributed by atoms with Crippen LogP contribution >= 0.6 is 15.9 Å². The molecule has 1 atom stereocenters. The van der Waals surface area contributed by atoms with Crippen LogP contribution in [0.3, 0.4) is 0 Å². The van der Waals surface area contributed by atoms with Crippen LogP contribution in [0.1, 0.15) is 22.6 Å². The Bertz CT molecular complexity index is 1240. The Kier molecular flexibility index (Phi) is 4.43. The van der Waals surface area contributed by atoms with Crippen LogP contribution in [0.15, 0.2) is 70.2 Å². The van der Waals surface area contributed by atoms with Crippen LogP contribution < -0.4 is 5.73 Å². The van der Waals surface area contributed by atoms with Crippen molar-refractivity contribution in [3.8, 4) is 12.1 Å². The summed E-state index contributed by atoms with van der Waals surface area (Å²) < 4.78 is 6.73. The van der Waals surface area contributed by atoms with Crippen molar-refractivity contribution >= 4 is 32.6 Å². The molecule has 0 spiro atoms. The second-order valence-electron chi connectivity index (χ2n) is 6.53. The van der Waals surface area contributed by atoms with Gasteiger partial charge in [0.1, 0.15) is 11.6 Å². The number of allylic oxidation sites excluding steroid dienone is 2. The zero-order chi connectivity index (χ0) is 19.8. The number of hydrogen-bond acceptors (Lipinski definition) is 4. The van der Waals surface area contributed by atoms with Gasteiger partial charge in [-0.1, -0.05) is 46.3 Å². The van der Waals surface area contributed by atoms with Crippen LogP contribution in [0, 0.1) is 29.6 Å². The van der Waals surface area contributed by atoms with Gasteiger partial charge in [0.05, 0.1) is 17.6 Å². The van der Waals surface area contributed by atoms with Crippen LogP contribution in [0.2, 0.25) is 0 Å². The molecule has 0 fully saturated rings. The number of H-pyrrole nitrogens is 1. The summed E-state index contributed by atoms with van der Waals surface area (Å²) in [7, 11) is 0. The molecule has 1 aromatic heterocycles. The van der Waals surface area contributed by atoms with Gasteiger partial charge in [-0.05, 0) is 30.2 Å². The number of fused-ring (bicyclic) bond motifs is 1. The zero-order valence-electron chi connectivity index (χ0n) is 15.0. The molecule has 0 amide bonds. The third-order valence-corrected chi connectivity index (χ3v) is 5.44. The second-order valence-corrected chi connectivity index (χ2v) is 7.45. The van der Waals surface area contributed by atoms with E-state index in [9.17, 15) is 10.5 Å². The molecule has 3 N–H and O–H groups in total. The number of nitrogens with zero attached hydrogens (tertiary/aromatic N) is 2. The molecule has 5 nitrogen and oxygen atoms in total. The summed E-state index contributed by atoms with van der Waals surface area (Å²) >= 11 is 3.42. The van der Waals surface area contributed by atoms with Gasteiger partial charge in [0, 0.05) is 27.1 Å². The van der Waals surface area contributed by atoms with Crippen molar-refractivity contribution in [1.29, 1.82) is 10.5 Å². The van der Waals surface area contributed by atoms with Gasteiger partial charge in [-0.2, -0.15) is 10.5 Å². The molecule has 3 aromatic rings. The van der Waals surface area contributed by atoms with Crippen molar-refractivity contribution in [1.82, 2.24) is 4.98 Å². The lowest BCUT2D eigenvalue weighted by molar-refractivity contribution is 0.358. The number of aromatic nitrogens is 1. The molecule has 28 heavy (non-hydrogen) atoms. The predicted molar refractivity (Wildman–Crippen MR) is 110 cm³/mol. The molecule has 0 saturated heterocycles. The lowest BCUT2D eigenvalue weighted by Crippen LogP contribution is -2.20. The van der Waals surface area contributed by atoms with Gasteiger partial charge >= 0.3 is 0 Å². The lowest BCUT2D eigenvalue weighted by Gasteiger charge is -2.25. The molecule has 0 saturated carbocycles. The Hall–Kier alpha value is -3.48. The highest BCUT2D eigenvalue weighted by atomic mass is 79.9. The molecule has 0 bridgehead atoms. The largest absolute Gasteiger partial charge is 0.439 e. The van der Waals surface area contributed by atoms with E-state index in [2.05, 4.69) is 33.1 Å². The molecule has 136 valence electrons. The standard InChI is InChI=1S/C22H15BrN4O/c1-12-3-2-4-15-18(11-27-20(12)15)21-16(9-24)19(17(10-25)22(26)28-21)13-5-7-14(23)8-6-13/h2-8,11,19,27H,26H2,1H3. The highest BCUT2D eigenvalue weighted by molar-refractivity contribution is 9.10. The van der Waals surface area contributed by atoms with E-state index in [0.29, 0.717) is 11.3 Å². The molecule has 4 rings (SSSR count). The first kappa shape index (κ1) is 17.9. The van der Waals surface area contributed by atoms with E-state index < -0.39 is 5.92 Å². The van der Waals surface area contributed by atoms with Crippen molar-refractivity contribution < 1.29 is 4.74 Å². The maximum absolute atomic E-state index is 9.99. The third-order valence-electron chi connectivity index (χ3n) is 4.91. The first-order chi connectivity index (χ1) is 13.5.